The lowest BCUT2D eigenvalue weighted by Gasteiger charge is -2.38. The summed E-state index contributed by atoms with van der Waals surface area (Å²) in [6, 6.07) is 0. The molecule has 3 nitrogen and oxygen atoms in total. The molecule has 0 aromatic heterocycles. The highest BCUT2D eigenvalue weighted by atomic mass is 16.2. The maximum Gasteiger partial charge on any atom is 0.227 e. The van der Waals surface area contributed by atoms with E-state index in [0.717, 1.165) is 12.8 Å². The Hall–Kier alpha value is -0.570. The third kappa shape index (κ3) is 2.21. The van der Waals surface area contributed by atoms with Crippen molar-refractivity contribution in [3.8, 4) is 0 Å². The minimum Gasteiger partial charge on any atom is -0.348 e. The van der Waals surface area contributed by atoms with E-state index in [2.05, 4.69) is 12.7 Å². The van der Waals surface area contributed by atoms with Gasteiger partial charge in [0.1, 0.15) is 0 Å². The summed E-state index contributed by atoms with van der Waals surface area (Å²) in [6.45, 7) is 2.05. The molecule has 74 valence electrons. The quantitative estimate of drug-likeness (QED) is 0.646. The van der Waals surface area contributed by atoms with Crippen LogP contribution in [-0.4, -0.2) is 32.0 Å². The summed E-state index contributed by atoms with van der Waals surface area (Å²) in [7, 11) is 5.15. The first kappa shape index (κ1) is 11.4. The lowest BCUT2D eigenvalue weighted by atomic mass is 9.69. The Balaban J connectivity index is 0. The fourth-order valence-electron chi connectivity index (χ4n) is 1.46. The second-order valence-electron chi connectivity index (χ2n) is 3.61. The molecule has 0 atom stereocenters. The van der Waals surface area contributed by atoms with Crippen molar-refractivity contribution in [1.82, 2.24) is 4.90 Å². The molecule has 12 heavy (non-hydrogen) atoms. The number of nitrogens with two attached hydrogens (primary N) is 1. The van der Waals surface area contributed by atoms with Crippen molar-refractivity contribution < 1.29 is 6.22 Å². The van der Waals surface area contributed by atoms with Crippen LogP contribution in [0.4, 0.5) is 0 Å². The molecule has 3 heteroatoms. The fourth-order valence-corrected chi connectivity index (χ4v) is 1.46. The van der Waals surface area contributed by atoms with Crippen LogP contribution in [0.15, 0.2) is 0 Å². The number of carbonyl (C=O) groups is 1. The zero-order valence-corrected chi connectivity index (χ0v) is 8.55. The van der Waals surface area contributed by atoms with E-state index in [1.165, 1.54) is 13.5 Å². The van der Waals surface area contributed by atoms with Gasteiger partial charge in [-0.1, -0.05) is 13.3 Å². The van der Waals surface area contributed by atoms with E-state index in [4.69, 9.17) is 0 Å². The highest BCUT2D eigenvalue weighted by Crippen LogP contribution is 2.41. The Labute approximate surface area is 76.4 Å². The third-order valence-corrected chi connectivity index (χ3v) is 2.38. The first-order valence-electron chi connectivity index (χ1n) is 4.36. The average Bonchev–Trinajstić information content (AvgIpc) is 2.02. The maximum absolute atomic E-state index is 11.4. The smallest absolute Gasteiger partial charge is 0.227 e. The molecule has 0 spiro atoms. The zero-order chi connectivity index (χ0) is 9.78. The number of hydrogen-bond donors (Lipinski definition) is 1. The SMILES string of the molecule is CN.CN(C)C(=O)C1(C)CCC1.[HH]. The summed E-state index contributed by atoms with van der Waals surface area (Å²) in [5.41, 5.74) is 4.49. The van der Waals surface area contributed by atoms with Crippen LogP contribution in [0.3, 0.4) is 0 Å². The van der Waals surface area contributed by atoms with E-state index in [-0.39, 0.29) is 6.84 Å². The summed E-state index contributed by atoms with van der Waals surface area (Å²) in [4.78, 5) is 13.1. The molecule has 0 aromatic carbocycles. The molecule has 0 unspecified atom stereocenters. The maximum atomic E-state index is 11.4. The monoisotopic (exact) mass is 174 g/mol. The van der Waals surface area contributed by atoms with Crippen molar-refractivity contribution in [2.24, 2.45) is 11.1 Å². The molecule has 1 aliphatic rings. The highest BCUT2D eigenvalue weighted by molar-refractivity contribution is 5.82. The van der Waals surface area contributed by atoms with E-state index in [1.54, 1.807) is 4.90 Å². The van der Waals surface area contributed by atoms with E-state index in [9.17, 15) is 4.79 Å². The van der Waals surface area contributed by atoms with Gasteiger partial charge in [-0.2, -0.15) is 0 Å². The number of hydrogen-bond acceptors (Lipinski definition) is 2. The highest BCUT2D eigenvalue weighted by Gasteiger charge is 2.39. The van der Waals surface area contributed by atoms with Crippen molar-refractivity contribution in [3.05, 3.63) is 0 Å². The zero-order valence-electron chi connectivity index (χ0n) is 8.55. The van der Waals surface area contributed by atoms with Crippen LogP contribution in [0.2, 0.25) is 0 Å². The molecule has 1 amide bonds. The van der Waals surface area contributed by atoms with Gasteiger partial charge in [-0.05, 0) is 19.9 Å². The molecular weight excluding hydrogens is 152 g/mol. The Morgan fingerprint density at radius 3 is 1.92 bits per heavy atom. The van der Waals surface area contributed by atoms with Crippen molar-refractivity contribution in [2.75, 3.05) is 21.1 Å². The van der Waals surface area contributed by atoms with Gasteiger partial charge in [0.15, 0.2) is 0 Å². The minimum atomic E-state index is -0.0104. The van der Waals surface area contributed by atoms with Crippen molar-refractivity contribution >= 4 is 5.91 Å². The van der Waals surface area contributed by atoms with Crippen LogP contribution in [-0.2, 0) is 4.79 Å². The van der Waals surface area contributed by atoms with Crippen molar-refractivity contribution in [2.45, 2.75) is 26.2 Å². The van der Waals surface area contributed by atoms with Gasteiger partial charge in [-0.15, -0.1) is 0 Å². The summed E-state index contributed by atoms with van der Waals surface area (Å²) in [6.07, 6.45) is 3.37. The Morgan fingerprint density at radius 1 is 1.42 bits per heavy atom. The average molecular weight is 174 g/mol. The number of amides is 1. The van der Waals surface area contributed by atoms with Crippen LogP contribution >= 0.6 is 0 Å². The summed E-state index contributed by atoms with van der Waals surface area (Å²) < 4.78 is 0. The molecule has 0 heterocycles. The second-order valence-corrected chi connectivity index (χ2v) is 3.61. The molecule has 0 aliphatic heterocycles. The molecule has 0 radical (unpaired) electrons. The summed E-state index contributed by atoms with van der Waals surface area (Å²) >= 11 is 0. The predicted octanol–water partition coefficient (Wildman–Crippen LogP) is 1.09. The molecule has 1 aliphatic carbocycles. The van der Waals surface area contributed by atoms with E-state index in [1.807, 2.05) is 14.1 Å². The Kier molecular flexibility index (Phi) is 4.24. The number of nitrogens with zero attached hydrogens (tertiary/aromatic N) is 1. The number of carbonyl (C=O) groups excluding carboxylic acids is 1. The van der Waals surface area contributed by atoms with Crippen LogP contribution in [0, 0.1) is 5.41 Å². The van der Waals surface area contributed by atoms with Gasteiger partial charge in [0, 0.05) is 20.9 Å². The largest absolute Gasteiger partial charge is 0.348 e. The van der Waals surface area contributed by atoms with Crippen LogP contribution < -0.4 is 5.73 Å². The van der Waals surface area contributed by atoms with Gasteiger partial charge < -0.3 is 10.6 Å². The second kappa shape index (κ2) is 4.45. The molecule has 0 bridgehead atoms. The van der Waals surface area contributed by atoms with Crippen molar-refractivity contribution in [1.29, 1.82) is 0 Å². The molecule has 1 fully saturated rings. The number of rotatable bonds is 1. The molecule has 1 rings (SSSR count). The standard InChI is InChI=1S/C8H15NO.CH5N.H2/c1-8(5-4-6-8)7(10)9(2)3;1-2;/h4-6H2,1-3H3;2H2,1H3;1H. The Morgan fingerprint density at radius 2 is 1.83 bits per heavy atom. The molecule has 0 saturated heterocycles. The van der Waals surface area contributed by atoms with Gasteiger partial charge in [0.25, 0.3) is 0 Å². The lowest BCUT2D eigenvalue weighted by Crippen LogP contribution is -2.42. The van der Waals surface area contributed by atoms with Crippen LogP contribution in [0.25, 0.3) is 0 Å². The first-order valence-corrected chi connectivity index (χ1v) is 4.36. The van der Waals surface area contributed by atoms with Crippen LogP contribution in [0.5, 0.6) is 0 Å². The van der Waals surface area contributed by atoms with E-state index in [0.29, 0.717) is 5.91 Å². The third-order valence-electron chi connectivity index (χ3n) is 2.38. The predicted molar refractivity (Wildman–Crippen MR) is 52.9 cm³/mol. The van der Waals surface area contributed by atoms with Gasteiger partial charge in [0.2, 0.25) is 5.91 Å². The van der Waals surface area contributed by atoms with Crippen molar-refractivity contribution in [3.63, 3.8) is 0 Å². The summed E-state index contributed by atoms with van der Waals surface area (Å²) in [5.74, 6) is 0.291. The van der Waals surface area contributed by atoms with E-state index < -0.39 is 0 Å². The normalized spacial score (nSPS) is 18.4. The molecule has 0 aromatic rings. The van der Waals surface area contributed by atoms with Gasteiger partial charge in [-0.25, -0.2) is 0 Å². The minimum absolute atomic E-state index is 0. The molecule has 1 saturated carbocycles. The molecule has 2 N–H and O–H groups in total. The van der Waals surface area contributed by atoms with Gasteiger partial charge in [0.05, 0.1) is 0 Å². The van der Waals surface area contributed by atoms with Crippen LogP contribution in [0.1, 0.15) is 27.6 Å². The fraction of sp³-hybridized carbons (Fsp3) is 0.889. The van der Waals surface area contributed by atoms with Gasteiger partial charge in [-0.3, -0.25) is 4.79 Å². The topological polar surface area (TPSA) is 46.3 Å². The van der Waals surface area contributed by atoms with Gasteiger partial charge >= 0.3 is 0 Å². The first-order chi connectivity index (χ1) is 5.56. The Bertz CT molecular complexity index is 156. The lowest BCUT2D eigenvalue weighted by molar-refractivity contribution is -0.143. The molecular formula is C9H22N2O. The summed E-state index contributed by atoms with van der Waals surface area (Å²) in [5, 5.41) is 0. The van der Waals surface area contributed by atoms with E-state index >= 15 is 0 Å².